The zero-order valence-electron chi connectivity index (χ0n) is 5.45. The summed E-state index contributed by atoms with van der Waals surface area (Å²) in [7, 11) is -4.54. The number of aliphatic hydroxyl groups is 1. The Labute approximate surface area is 107 Å². The third-order valence-electron chi connectivity index (χ3n) is 0.689. The van der Waals surface area contributed by atoms with E-state index >= 15 is 0 Å². The largest absolute Gasteiger partial charge is 1.00 e. The Bertz CT molecular complexity index is 167. The van der Waals surface area contributed by atoms with Gasteiger partial charge in [-0.05, 0) is 0 Å². The van der Waals surface area contributed by atoms with Crippen molar-refractivity contribution in [2.75, 3.05) is 5.88 Å². The monoisotopic (exact) mass is 212 g/mol. The second-order valence-corrected chi connectivity index (χ2v) is 3.33. The summed E-state index contributed by atoms with van der Waals surface area (Å²) < 4.78 is 29.6. The van der Waals surface area contributed by atoms with Gasteiger partial charge in [-0.1, -0.05) is 0 Å². The zero-order chi connectivity index (χ0) is 7.49. The quantitative estimate of drug-likeness (QED) is 0.299. The predicted octanol–water partition coefficient (Wildman–Crippen LogP) is -3.52. The summed E-state index contributed by atoms with van der Waals surface area (Å²) in [6.07, 6.45) is -0.215. The van der Waals surface area contributed by atoms with Crippen molar-refractivity contribution in [2.45, 2.75) is 11.9 Å². The van der Waals surface area contributed by atoms with Crippen LogP contribution in [0.15, 0.2) is 0 Å². The molecule has 0 rings (SSSR count). The molecule has 7 heteroatoms. The number of alkyl halides is 1. The Morgan fingerprint density at radius 3 is 2.10 bits per heavy atom. The molecule has 56 valence electrons. The average Bonchev–Trinajstić information content (AvgIpc) is 1.64. The van der Waals surface area contributed by atoms with E-state index in [-0.39, 0.29) is 63.7 Å². The Morgan fingerprint density at radius 1 is 1.60 bits per heavy atom. The maximum Gasteiger partial charge on any atom is 1.00 e. The van der Waals surface area contributed by atoms with E-state index in [0.717, 1.165) is 0 Å². The molecule has 0 saturated carbocycles. The van der Waals surface area contributed by atoms with E-state index < -0.39 is 15.6 Å². The maximum absolute atomic E-state index is 9.86. The van der Waals surface area contributed by atoms with Gasteiger partial charge in [0.25, 0.3) is 0 Å². The zero-order valence-corrected chi connectivity index (χ0v) is 10.1. The Kier molecular flexibility index (Phi) is 9.07. The molecule has 0 aliphatic rings. The Balaban J connectivity index is 0. The molecule has 0 aromatic carbocycles. The van der Waals surface area contributed by atoms with E-state index in [1.165, 1.54) is 0 Å². The third-order valence-corrected chi connectivity index (χ3v) is 1.81. The molecule has 0 spiro atoms. The van der Waals surface area contributed by atoms with Gasteiger partial charge in [0.15, 0.2) is 0 Å². The summed E-state index contributed by atoms with van der Waals surface area (Å²) in [6.45, 7) is 0. The van der Waals surface area contributed by atoms with E-state index in [2.05, 4.69) is 0 Å². The van der Waals surface area contributed by atoms with Gasteiger partial charge in [-0.25, -0.2) is 8.42 Å². The molecule has 0 heterocycles. The van der Waals surface area contributed by atoms with Crippen molar-refractivity contribution in [3.8, 4) is 0 Å². The normalized spacial score (nSPS) is 13.9. The summed E-state index contributed by atoms with van der Waals surface area (Å²) in [5.74, 6) is -0.0391. The van der Waals surface area contributed by atoms with Crippen molar-refractivity contribution >= 4 is 21.7 Å². The number of halogens is 1. The van der Waals surface area contributed by atoms with Crippen molar-refractivity contribution in [2.24, 2.45) is 0 Å². The van der Waals surface area contributed by atoms with Crippen LogP contribution in [0.5, 0.6) is 0 Å². The first-order chi connectivity index (χ1) is 3.98. The van der Waals surface area contributed by atoms with Crippen LogP contribution >= 0.6 is 11.6 Å². The van der Waals surface area contributed by atoms with Crippen molar-refractivity contribution < 1.29 is 69.5 Å². The maximum atomic E-state index is 9.86. The molecule has 1 unspecified atom stereocenters. The SMILES string of the molecule is O=S(=O)([O-])C(O)CCCl.[K+]. The van der Waals surface area contributed by atoms with Gasteiger partial charge < -0.3 is 9.66 Å². The van der Waals surface area contributed by atoms with E-state index in [1.54, 1.807) is 0 Å². The molecule has 10 heavy (non-hydrogen) atoms. The third kappa shape index (κ3) is 6.50. The van der Waals surface area contributed by atoms with Gasteiger partial charge in [-0.3, -0.25) is 0 Å². The summed E-state index contributed by atoms with van der Waals surface area (Å²) in [6, 6.07) is 0. The van der Waals surface area contributed by atoms with Crippen LogP contribution in [0, 0.1) is 0 Å². The number of hydrogen-bond donors (Lipinski definition) is 1. The number of aliphatic hydroxyl groups excluding tert-OH is 1. The second-order valence-electron chi connectivity index (χ2n) is 1.43. The Morgan fingerprint density at radius 2 is 2.00 bits per heavy atom. The van der Waals surface area contributed by atoms with Crippen LogP contribution in [0.3, 0.4) is 0 Å². The van der Waals surface area contributed by atoms with Crippen molar-refractivity contribution in [1.82, 2.24) is 0 Å². The summed E-state index contributed by atoms with van der Waals surface area (Å²) in [4.78, 5) is 0. The fourth-order valence-electron chi connectivity index (χ4n) is 0.238. The van der Waals surface area contributed by atoms with Gasteiger partial charge in [0.1, 0.15) is 15.6 Å². The molecule has 0 saturated heterocycles. The molecule has 0 radical (unpaired) electrons. The molecule has 0 aliphatic heterocycles. The Hall–Kier alpha value is 1.80. The summed E-state index contributed by atoms with van der Waals surface area (Å²) in [5.41, 5.74) is -1.85. The topological polar surface area (TPSA) is 77.4 Å². The average molecular weight is 213 g/mol. The molecule has 0 aromatic rings. The van der Waals surface area contributed by atoms with Crippen LogP contribution in [0.2, 0.25) is 0 Å². The van der Waals surface area contributed by atoms with Crippen LogP contribution in [-0.2, 0) is 10.1 Å². The molecule has 1 N–H and O–H groups in total. The van der Waals surface area contributed by atoms with E-state index in [9.17, 15) is 13.0 Å². The molecule has 4 nitrogen and oxygen atoms in total. The van der Waals surface area contributed by atoms with Gasteiger partial charge in [0.05, 0.1) is 0 Å². The standard InChI is InChI=1S/C3H7ClO4S.K/c4-2-1-3(5)9(6,7)8;/h3,5H,1-2H2,(H,6,7,8);/q;+1/p-1. The van der Waals surface area contributed by atoms with Crippen LogP contribution in [0.4, 0.5) is 0 Å². The molecule has 0 aromatic heterocycles. The molecule has 0 bridgehead atoms. The fraction of sp³-hybridized carbons (Fsp3) is 1.00. The van der Waals surface area contributed by atoms with Crippen molar-refractivity contribution in [3.63, 3.8) is 0 Å². The van der Waals surface area contributed by atoms with Gasteiger partial charge in [-0.2, -0.15) is 0 Å². The van der Waals surface area contributed by atoms with Gasteiger partial charge in [0.2, 0.25) is 0 Å². The predicted molar refractivity (Wildman–Crippen MR) is 31.0 cm³/mol. The van der Waals surface area contributed by atoms with Crippen molar-refractivity contribution in [3.05, 3.63) is 0 Å². The molecule has 0 fully saturated rings. The van der Waals surface area contributed by atoms with Crippen LogP contribution in [0.1, 0.15) is 6.42 Å². The van der Waals surface area contributed by atoms with E-state index in [0.29, 0.717) is 0 Å². The summed E-state index contributed by atoms with van der Waals surface area (Å²) in [5, 5.41) is 8.40. The molecular weight excluding hydrogens is 207 g/mol. The first-order valence-electron chi connectivity index (χ1n) is 2.17. The van der Waals surface area contributed by atoms with Crippen LogP contribution in [0.25, 0.3) is 0 Å². The van der Waals surface area contributed by atoms with Gasteiger partial charge >= 0.3 is 51.4 Å². The molecular formula is C3H6ClKO4S. The number of hydrogen-bond acceptors (Lipinski definition) is 4. The van der Waals surface area contributed by atoms with Gasteiger partial charge in [-0.15, -0.1) is 11.6 Å². The minimum absolute atomic E-state index is 0. The molecule has 0 aliphatic carbocycles. The smallest absolute Gasteiger partial charge is 0.746 e. The first kappa shape index (κ1) is 14.3. The molecule has 0 amide bonds. The first-order valence-corrected chi connectivity index (χ1v) is 4.18. The van der Waals surface area contributed by atoms with Crippen LogP contribution in [-0.4, -0.2) is 29.4 Å². The minimum atomic E-state index is -4.54. The number of rotatable bonds is 3. The second kappa shape index (κ2) is 6.33. The van der Waals surface area contributed by atoms with E-state index in [1.807, 2.05) is 0 Å². The fourth-order valence-corrected chi connectivity index (χ4v) is 0.980. The van der Waals surface area contributed by atoms with Gasteiger partial charge in [0, 0.05) is 12.3 Å². The van der Waals surface area contributed by atoms with Crippen molar-refractivity contribution in [1.29, 1.82) is 0 Å². The summed E-state index contributed by atoms with van der Waals surface area (Å²) >= 11 is 5.04. The minimum Gasteiger partial charge on any atom is -0.746 e. The molecule has 1 atom stereocenters. The van der Waals surface area contributed by atoms with Crippen LogP contribution < -0.4 is 51.4 Å². The van der Waals surface area contributed by atoms with E-state index in [4.69, 9.17) is 16.7 Å².